The summed E-state index contributed by atoms with van der Waals surface area (Å²) in [4.78, 5) is 3.04. The molecule has 2 rings (SSSR count). The average molecular weight is 210 g/mol. The maximum Gasteiger partial charge on any atom is 0.106 e. The average Bonchev–Trinajstić information content (AvgIpc) is 2.89. The van der Waals surface area contributed by atoms with E-state index in [1.165, 1.54) is 5.56 Å². The van der Waals surface area contributed by atoms with Gasteiger partial charge in [-0.05, 0) is 11.6 Å². The van der Waals surface area contributed by atoms with Gasteiger partial charge < -0.3 is 19.8 Å². The zero-order valence-corrected chi connectivity index (χ0v) is 9.08. The molecule has 1 fully saturated rings. The van der Waals surface area contributed by atoms with Gasteiger partial charge in [-0.3, -0.25) is 0 Å². The van der Waals surface area contributed by atoms with Crippen LogP contribution in [0.15, 0.2) is 18.5 Å². The summed E-state index contributed by atoms with van der Waals surface area (Å²) in [5, 5.41) is 3.40. The third kappa shape index (κ3) is 2.59. The summed E-state index contributed by atoms with van der Waals surface area (Å²) in [7, 11) is 1.76. The summed E-state index contributed by atoms with van der Waals surface area (Å²) in [6.45, 7) is 3.21. The quantitative estimate of drug-likeness (QED) is 0.759. The Labute approximate surface area is 90.0 Å². The number of hydrogen-bond acceptors (Lipinski definition) is 3. The largest absolute Gasteiger partial charge is 0.378 e. The highest BCUT2D eigenvalue weighted by molar-refractivity contribution is 5.07. The van der Waals surface area contributed by atoms with Crippen molar-refractivity contribution in [1.82, 2.24) is 10.3 Å². The molecule has 0 saturated carbocycles. The minimum absolute atomic E-state index is 0.115. The Morgan fingerprint density at radius 2 is 2.60 bits per heavy atom. The van der Waals surface area contributed by atoms with Gasteiger partial charge in [0.05, 0.1) is 6.61 Å². The second kappa shape index (κ2) is 4.79. The highest BCUT2D eigenvalue weighted by Crippen LogP contribution is 2.21. The summed E-state index contributed by atoms with van der Waals surface area (Å²) in [6, 6.07) is 2.07. The maximum absolute atomic E-state index is 5.52. The third-order valence-corrected chi connectivity index (χ3v) is 2.94. The van der Waals surface area contributed by atoms with Crippen LogP contribution in [0.1, 0.15) is 12.0 Å². The van der Waals surface area contributed by atoms with Gasteiger partial charge in [-0.1, -0.05) is 0 Å². The van der Waals surface area contributed by atoms with Crippen LogP contribution in [-0.2, 0) is 16.0 Å². The Morgan fingerprint density at radius 1 is 1.67 bits per heavy atom. The molecule has 1 unspecified atom stereocenters. The first kappa shape index (κ1) is 10.7. The van der Waals surface area contributed by atoms with Crippen LogP contribution in [0.5, 0.6) is 0 Å². The molecule has 0 bridgehead atoms. The van der Waals surface area contributed by atoms with Gasteiger partial charge in [-0.15, -0.1) is 0 Å². The van der Waals surface area contributed by atoms with Crippen molar-refractivity contribution in [1.29, 1.82) is 0 Å². The van der Waals surface area contributed by atoms with E-state index >= 15 is 0 Å². The van der Waals surface area contributed by atoms with Gasteiger partial charge >= 0.3 is 0 Å². The van der Waals surface area contributed by atoms with Crippen LogP contribution in [-0.4, -0.2) is 37.5 Å². The van der Waals surface area contributed by atoms with E-state index in [0.29, 0.717) is 6.61 Å². The minimum Gasteiger partial charge on any atom is -0.378 e. The Kier molecular flexibility index (Phi) is 3.41. The molecule has 0 spiro atoms. The van der Waals surface area contributed by atoms with Gasteiger partial charge in [0.25, 0.3) is 0 Å². The van der Waals surface area contributed by atoms with Crippen LogP contribution in [0.3, 0.4) is 0 Å². The lowest BCUT2D eigenvalue weighted by atomic mass is 10.0. The summed E-state index contributed by atoms with van der Waals surface area (Å²) in [5.41, 5.74) is 1.15. The van der Waals surface area contributed by atoms with Crippen LogP contribution in [0.4, 0.5) is 0 Å². The first-order valence-electron chi connectivity index (χ1n) is 5.30. The van der Waals surface area contributed by atoms with E-state index < -0.39 is 0 Å². The number of H-pyrrole nitrogens is 1. The lowest BCUT2D eigenvalue weighted by Gasteiger charge is -2.25. The number of nitrogens with one attached hydrogen (secondary N) is 2. The summed E-state index contributed by atoms with van der Waals surface area (Å²) >= 11 is 0. The van der Waals surface area contributed by atoms with E-state index in [-0.39, 0.29) is 5.60 Å². The molecule has 1 aromatic heterocycles. The van der Waals surface area contributed by atoms with E-state index in [0.717, 1.165) is 26.1 Å². The zero-order valence-electron chi connectivity index (χ0n) is 9.08. The number of aromatic amines is 1. The minimum atomic E-state index is -0.115. The number of methoxy groups -OCH3 is 1. The van der Waals surface area contributed by atoms with Crippen molar-refractivity contribution in [2.45, 2.75) is 18.6 Å². The number of ether oxygens (including phenoxy) is 2. The third-order valence-electron chi connectivity index (χ3n) is 2.94. The van der Waals surface area contributed by atoms with Gasteiger partial charge in [-0.2, -0.15) is 0 Å². The van der Waals surface area contributed by atoms with E-state index in [9.17, 15) is 0 Å². The van der Waals surface area contributed by atoms with Crippen molar-refractivity contribution < 1.29 is 9.47 Å². The van der Waals surface area contributed by atoms with Crippen molar-refractivity contribution in [3.63, 3.8) is 0 Å². The van der Waals surface area contributed by atoms with E-state index in [2.05, 4.69) is 16.4 Å². The molecule has 15 heavy (non-hydrogen) atoms. The molecule has 4 heteroatoms. The monoisotopic (exact) mass is 210 g/mol. The highest BCUT2D eigenvalue weighted by Gasteiger charge is 2.34. The predicted molar refractivity (Wildman–Crippen MR) is 57.7 cm³/mol. The molecule has 1 saturated heterocycles. The topological polar surface area (TPSA) is 46.3 Å². The second-order valence-corrected chi connectivity index (χ2v) is 4.01. The smallest absolute Gasteiger partial charge is 0.106 e. The maximum atomic E-state index is 5.52. The fraction of sp³-hybridized carbons (Fsp3) is 0.636. The molecule has 4 nitrogen and oxygen atoms in total. The summed E-state index contributed by atoms with van der Waals surface area (Å²) in [6.07, 6.45) is 4.91. The van der Waals surface area contributed by atoms with Crippen molar-refractivity contribution >= 4 is 0 Å². The van der Waals surface area contributed by atoms with Crippen LogP contribution in [0.2, 0.25) is 0 Å². The zero-order chi connectivity index (χ0) is 10.6. The highest BCUT2D eigenvalue weighted by atomic mass is 16.5. The Hall–Kier alpha value is -0.840. The van der Waals surface area contributed by atoms with Gasteiger partial charge in [0.2, 0.25) is 0 Å². The number of aromatic nitrogens is 1. The standard InChI is InChI=1S/C11H18N2O2/c1-14-11(3-5-15-9-11)8-13-7-10-2-4-12-6-10/h2,4,6,12-13H,3,5,7-9H2,1H3. The fourth-order valence-corrected chi connectivity index (χ4v) is 1.86. The molecular formula is C11H18N2O2. The van der Waals surface area contributed by atoms with Crippen molar-refractivity contribution in [3.8, 4) is 0 Å². The Bertz CT molecular complexity index is 279. The molecule has 1 atom stereocenters. The predicted octanol–water partition coefficient (Wildman–Crippen LogP) is 0.910. The van der Waals surface area contributed by atoms with Crippen LogP contribution < -0.4 is 5.32 Å². The number of rotatable bonds is 5. The lowest BCUT2D eigenvalue weighted by molar-refractivity contribution is -0.0159. The Balaban J connectivity index is 1.77. The van der Waals surface area contributed by atoms with E-state index in [4.69, 9.17) is 9.47 Å². The molecule has 84 valence electrons. The molecule has 1 aliphatic heterocycles. The second-order valence-electron chi connectivity index (χ2n) is 4.01. The normalized spacial score (nSPS) is 25.9. The van der Waals surface area contributed by atoms with Crippen LogP contribution in [0.25, 0.3) is 0 Å². The van der Waals surface area contributed by atoms with Gasteiger partial charge in [0.1, 0.15) is 5.60 Å². The molecular weight excluding hydrogens is 192 g/mol. The molecule has 1 aliphatic rings. The fourth-order valence-electron chi connectivity index (χ4n) is 1.86. The SMILES string of the molecule is COC1(CNCc2cc[nH]c2)CCOC1. The molecule has 0 aliphatic carbocycles. The molecule has 2 heterocycles. The summed E-state index contributed by atoms with van der Waals surface area (Å²) < 4.78 is 10.9. The molecule has 1 aromatic rings. The first-order chi connectivity index (χ1) is 7.35. The first-order valence-corrected chi connectivity index (χ1v) is 5.30. The van der Waals surface area contributed by atoms with E-state index in [1.807, 2.05) is 12.4 Å². The Morgan fingerprint density at radius 3 is 3.20 bits per heavy atom. The van der Waals surface area contributed by atoms with Gasteiger partial charge in [0.15, 0.2) is 0 Å². The number of hydrogen-bond donors (Lipinski definition) is 2. The van der Waals surface area contributed by atoms with Gasteiger partial charge in [0, 0.05) is 45.6 Å². The van der Waals surface area contributed by atoms with Gasteiger partial charge in [-0.25, -0.2) is 0 Å². The summed E-state index contributed by atoms with van der Waals surface area (Å²) in [5.74, 6) is 0. The molecule has 0 aromatic carbocycles. The molecule has 2 N–H and O–H groups in total. The van der Waals surface area contributed by atoms with E-state index in [1.54, 1.807) is 7.11 Å². The van der Waals surface area contributed by atoms with Crippen molar-refractivity contribution in [2.75, 3.05) is 26.9 Å². The van der Waals surface area contributed by atoms with Crippen molar-refractivity contribution in [2.24, 2.45) is 0 Å². The molecule has 0 radical (unpaired) electrons. The van der Waals surface area contributed by atoms with Crippen LogP contribution in [0, 0.1) is 0 Å². The van der Waals surface area contributed by atoms with Crippen LogP contribution >= 0.6 is 0 Å². The van der Waals surface area contributed by atoms with Crippen molar-refractivity contribution in [3.05, 3.63) is 24.0 Å². The lowest BCUT2D eigenvalue weighted by Crippen LogP contribution is -2.42. The molecule has 0 amide bonds.